The van der Waals surface area contributed by atoms with Crippen LogP contribution in [0, 0.1) is 0 Å². The number of hydrogen-bond acceptors (Lipinski definition) is 6. The second-order valence-corrected chi connectivity index (χ2v) is 5.58. The molecule has 0 aromatic heterocycles. The lowest BCUT2D eigenvalue weighted by molar-refractivity contribution is -0.133. The van der Waals surface area contributed by atoms with Gasteiger partial charge in [-0.05, 0) is 13.8 Å². The van der Waals surface area contributed by atoms with Gasteiger partial charge in [0.2, 0.25) is 0 Å². The van der Waals surface area contributed by atoms with Gasteiger partial charge in [-0.3, -0.25) is 0 Å². The Morgan fingerprint density at radius 3 is 1.00 bits per heavy atom. The quantitative estimate of drug-likeness (QED) is 0.499. The van der Waals surface area contributed by atoms with Crippen molar-refractivity contribution in [1.29, 1.82) is 0 Å². The van der Waals surface area contributed by atoms with E-state index in [0.29, 0.717) is 0 Å². The van der Waals surface area contributed by atoms with E-state index in [4.69, 9.17) is 15.0 Å². The smallest absolute Gasteiger partial charge is 0.478 e. The second-order valence-electron chi connectivity index (χ2n) is 3.31. The molecule has 0 aromatic carbocycles. The Balaban J connectivity index is -0.000000221. The molecule has 0 atom stereocenters. The molecule has 9 heteroatoms. The Labute approximate surface area is 119 Å². The molecular formula is C11H22O8Si. The predicted molar refractivity (Wildman–Crippen MR) is 73.9 cm³/mol. The molecule has 0 amide bonds. The fourth-order valence-electron chi connectivity index (χ4n) is 0.250. The average Bonchev–Trinajstić information content (AvgIpc) is 2.39. The lowest BCUT2D eigenvalue weighted by Crippen LogP contribution is -2.42. The molecule has 3 N–H and O–H groups in total. The van der Waals surface area contributed by atoms with Crippen molar-refractivity contribution in [2.45, 2.75) is 13.8 Å². The van der Waals surface area contributed by atoms with Crippen LogP contribution in [-0.2, 0) is 22.9 Å². The van der Waals surface area contributed by atoms with Crippen LogP contribution < -0.4 is 0 Å². The number of carboxylic acid groups (broad SMARTS) is 2. The van der Waals surface area contributed by atoms with E-state index in [-0.39, 0.29) is 11.1 Å². The van der Waals surface area contributed by atoms with Gasteiger partial charge in [0.1, 0.15) is 0 Å². The molecule has 0 saturated heterocycles. The van der Waals surface area contributed by atoms with Crippen LogP contribution >= 0.6 is 0 Å². The van der Waals surface area contributed by atoms with Crippen molar-refractivity contribution in [3.63, 3.8) is 0 Å². The SMILES string of the molecule is C=C(C)C(=O)O.C=C(C)C(=O)O.CO[Si](O)(OC)OC. The summed E-state index contributed by atoms with van der Waals surface area (Å²) < 4.78 is 13.5. The summed E-state index contributed by atoms with van der Waals surface area (Å²) in [5, 5.41) is 15.8. The fourth-order valence-corrected chi connectivity index (χ4v) is 0.750. The molecule has 20 heavy (non-hydrogen) atoms. The van der Waals surface area contributed by atoms with Gasteiger partial charge in [-0.1, -0.05) is 13.2 Å². The maximum absolute atomic E-state index is 9.60. The Morgan fingerprint density at radius 2 is 1.00 bits per heavy atom. The van der Waals surface area contributed by atoms with Crippen molar-refractivity contribution in [1.82, 2.24) is 0 Å². The molecule has 0 aliphatic carbocycles. The van der Waals surface area contributed by atoms with Crippen molar-refractivity contribution in [2.24, 2.45) is 0 Å². The first kappa shape index (κ1) is 23.6. The minimum Gasteiger partial charge on any atom is -0.478 e. The van der Waals surface area contributed by atoms with Crippen LogP contribution in [0.5, 0.6) is 0 Å². The molecule has 0 rings (SSSR count). The first-order valence-electron chi connectivity index (χ1n) is 5.12. The molecule has 0 aromatic rings. The molecule has 0 fully saturated rings. The maximum Gasteiger partial charge on any atom is 0.676 e. The normalized spacial score (nSPS) is 9.30. The summed E-state index contributed by atoms with van der Waals surface area (Å²) in [6.07, 6.45) is 0. The molecule has 0 saturated carbocycles. The van der Waals surface area contributed by atoms with Gasteiger partial charge < -0.3 is 28.3 Å². The van der Waals surface area contributed by atoms with Gasteiger partial charge in [0.05, 0.1) is 0 Å². The first-order valence-corrected chi connectivity index (χ1v) is 6.80. The summed E-state index contributed by atoms with van der Waals surface area (Å²) in [6.45, 7) is 9.20. The Morgan fingerprint density at radius 1 is 0.850 bits per heavy atom. The van der Waals surface area contributed by atoms with Crippen molar-refractivity contribution >= 4 is 21.0 Å². The average molecular weight is 310 g/mol. The van der Waals surface area contributed by atoms with Crippen LogP contribution in [0.3, 0.4) is 0 Å². The molecule has 0 radical (unpaired) electrons. The zero-order valence-corrected chi connectivity index (χ0v) is 13.3. The summed E-state index contributed by atoms with van der Waals surface area (Å²) in [5.41, 5.74) is 0.352. The summed E-state index contributed by atoms with van der Waals surface area (Å²) in [5.74, 6) is -1.87. The standard InChI is InChI=1S/2C4H6O2.C3H10O4Si/c2*1-3(2)4(5)6;1-5-8(4,6-2)7-3/h2*1H2,2H3,(H,5,6);4H,1-3H3. The van der Waals surface area contributed by atoms with E-state index in [1.54, 1.807) is 0 Å². The summed E-state index contributed by atoms with van der Waals surface area (Å²) >= 11 is 0. The monoisotopic (exact) mass is 310 g/mol. The van der Waals surface area contributed by atoms with Gasteiger partial charge in [-0.25, -0.2) is 9.59 Å². The van der Waals surface area contributed by atoms with Crippen molar-refractivity contribution in [2.75, 3.05) is 21.3 Å². The Kier molecular flexibility index (Phi) is 14.7. The zero-order valence-electron chi connectivity index (χ0n) is 12.3. The maximum atomic E-state index is 9.60. The lowest BCUT2D eigenvalue weighted by Gasteiger charge is -2.14. The van der Waals surface area contributed by atoms with E-state index >= 15 is 0 Å². The summed E-state index contributed by atoms with van der Waals surface area (Å²) in [7, 11) is 0.826. The van der Waals surface area contributed by atoms with Crippen LogP contribution in [0.4, 0.5) is 0 Å². The molecule has 0 heterocycles. The van der Waals surface area contributed by atoms with Crippen LogP contribution in [-0.4, -0.2) is 57.3 Å². The Hall–Kier alpha value is -1.52. The third-order valence-corrected chi connectivity index (χ3v) is 3.05. The molecule has 8 nitrogen and oxygen atoms in total. The minimum atomic E-state index is -3.17. The van der Waals surface area contributed by atoms with Gasteiger partial charge in [0.25, 0.3) is 0 Å². The van der Waals surface area contributed by atoms with Gasteiger partial charge in [-0.2, -0.15) is 0 Å². The van der Waals surface area contributed by atoms with Crippen LogP contribution in [0.25, 0.3) is 0 Å². The highest BCUT2D eigenvalue weighted by Crippen LogP contribution is 1.97. The molecule has 0 unspecified atom stereocenters. The highest BCUT2D eigenvalue weighted by Gasteiger charge is 2.36. The number of hydrogen-bond donors (Lipinski definition) is 3. The topological polar surface area (TPSA) is 123 Å². The molecule has 0 aliphatic rings. The number of rotatable bonds is 5. The minimum absolute atomic E-state index is 0.176. The summed E-state index contributed by atoms with van der Waals surface area (Å²) in [4.78, 5) is 28.1. The van der Waals surface area contributed by atoms with E-state index < -0.39 is 21.0 Å². The lowest BCUT2D eigenvalue weighted by atomic mass is 10.4. The van der Waals surface area contributed by atoms with Crippen LogP contribution in [0.1, 0.15) is 13.8 Å². The van der Waals surface area contributed by atoms with Gasteiger partial charge in [-0.15, -0.1) is 0 Å². The van der Waals surface area contributed by atoms with E-state index in [9.17, 15) is 9.59 Å². The highest BCUT2D eigenvalue weighted by molar-refractivity contribution is 6.51. The number of aliphatic carboxylic acids is 2. The van der Waals surface area contributed by atoms with E-state index in [1.807, 2.05) is 0 Å². The van der Waals surface area contributed by atoms with Gasteiger partial charge in [0.15, 0.2) is 0 Å². The predicted octanol–water partition coefficient (Wildman–Crippen LogP) is 0.648. The zero-order chi connectivity index (χ0) is 16.9. The molecule has 0 bridgehead atoms. The van der Waals surface area contributed by atoms with Gasteiger partial charge >= 0.3 is 21.0 Å². The largest absolute Gasteiger partial charge is 0.676 e. The van der Waals surface area contributed by atoms with E-state index in [2.05, 4.69) is 26.4 Å². The first-order chi connectivity index (χ1) is 8.97. The molecular weight excluding hydrogens is 288 g/mol. The highest BCUT2D eigenvalue weighted by atomic mass is 28.4. The summed E-state index contributed by atoms with van der Waals surface area (Å²) in [6, 6.07) is 0. The third-order valence-electron chi connectivity index (χ3n) is 1.50. The number of carboxylic acids is 2. The van der Waals surface area contributed by atoms with Crippen LogP contribution in [0.15, 0.2) is 24.3 Å². The molecule has 0 aliphatic heterocycles. The Bertz CT molecular complexity index is 279. The third kappa shape index (κ3) is 16.5. The van der Waals surface area contributed by atoms with E-state index in [1.165, 1.54) is 35.2 Å². The number of carbonyl (C=O) groups is 2. The molecule has 118 valence electrons. The van der Waals surface area contributed by atoms with Gasteiger partial charge in [0, 0.05) is 32.5 Å². The van der Waals surface area contributed by atoms with Crippen molar-refractivity contribution in [3.05, 3.63) is 24.3 Å². The fraction of sp³-hybridized carbons (Fsp3) is 0.455. The van der Waals surface area contributed by atoms with Crippen LogP contribution in [0.2, 0.25) is 0 Å². The van der Waals surface area contributed by atoms with Crippen molar-refractivity contribution in [3.8, 4) is 0 Å². The molecule has 0 spiro atoms. The van der Waals surface area contributed by atoms with Crippen molar-refractivity contribution < 1.29 is 37.9 Å². The second kappa shape index (κ2) is 12.5. The van der Waals surface area contributed by atoms with E-state index in [0.717, 1.165) is 0 Å².